The highest BCUT2D eigenvalue weighted by Gasteiger charge is 2.18. The van der Waals surface area contributed by atoms with Gasteiger partial charge in [0.1, 0.15) is 0 Å². The van der Waals surface area contributed by atoms with Gasteiger partial charge in [0.25, 0.3) is 0 Å². The lowest BCUT2D eigenvalue weighted by Crippen LogP contribution is -2.34. The van der Waals surface area contributed by atoms with E-state index in [9.17, 15) is 4.79 Å². The fraction of sp³-hybridized carbons (Fsp3) is 0.971. The average molecular weight is 700 g/mol. The summed E-state index contributed by atoms with van der Waals surface area (Å²) in [7, 11) is 1.64. The first kappa shape index (κ1) is 47.0. The average Bonchev–Trinajstić information content (AvgIpc) is 3.06. The summed E-state index contributed by atoms with van der Waals surface area (Å²) in [5, 5.41) is 3.02. The van der Waals surface area contributed by atoms with E-state index in [1.54, 1.807) is 7.11 Å². The molecule has 0 saturated heterocycles. The summed E-state index contributed by atoms with van der Waals surface area (Å²) in [5.41, 5.74) is 0. The van der Waals surface area contributed by atoms with Crippen molar-refractivity contribution >= 4 is 5.91 Å². The van der Waals surface area contributed by atoms with Crippen LogP contribution in [0, 0.1) is 17.8 Å². The van der Waals surface area contributed by atoms with Crippen molar-refractivity contribution in [1.82, 2.24) is 5.32 Å². The van der Waals surface area contributed by atoms with Crippen molar-refractivity contribution in [2.24, 2.45) is 17.8 Å². The van der Waals surface area contributed by atoms with Crippen LogP contribution in [0.5, 0.6) is 0 Å². The molecule has 0 rings (SSSR count). The lowest BCUT2D eigenvalue weighted by atomic mass is 9.85. The molecule has 0 aliphatic heterocycles. The van der Waals surface area contributed by atoms with Gasteiger partial charge < -0.3 is 62.2 Å². The van der Waals surface area contributed by atoms with E-state index in [0.717, 1.165) is 0 Å². The molecule has 0 spiro atoms. The van der Waals surface area contributed by atoms with Gasteiger partial charge in [-0.3, -0.25) is 4.79 Å². The summed E-state index contributed by atoms with van der Waals surface area (Å²) in [4.78, 5) is 12.0. The SMILES string of the molecule is COCCOCCOCCOCCOCCOCCOCCOCCOCCOCCOCCOCCC(=O)NCC(C(C)C)C(C)C. The number of rotatable bonds is 40. The quantitative estimate of drug-likeness (QED) is 0.0937. The van der Waals surface area contributed by atoms with Crippen LogP contribution in [0.25, 0.3) is 0 Å². The van der Waals surface area contributed by atoms with E-state index in [1.165, 1.54) is 0 Å². The maximum absolute atomic E-state index is 12.0. The van der Waals surface area contributed by atoms with E-state index in [4.69, 9.17) is 56.8 Å². The van der Waals surface area contributed by atoms with Crippen molar-refractivity contribution < 1.29 is 61.6 Å². The second kappa shape index (κ2) is 38.8. The zero-order valence-corrected chi connectivity index (χ0v) is 30.7. The Bertz CT molecular complexity index is 638. The van der Waals surface area contributed by atoms with E-state index in [-0.39, 0.29) is 5.91 Å². The van der Waals surface area contributed by atoms with Crippen molar-refractivity contribution in [3.63, 3.8) is 0 Å². The molecule has 0 heterocycles. The molecule has 0 aromatic carbocycles. The summed E-state index contributed by atoms with van der Waals surface area (Å²) in [6, 6.07) is 0. The molecular weight excluding hydrogens is 630 g/mol. The minimum atomic E-state index is 0.0306. The fourth-order valence-electron chi connectivity index (χ4n) is 4.17. The monoisotopic (exact) mass is 699 g/mol. The molecule has 1 amide bonds. The largest absolute Gasteiger partial charge is 0.382 e. The Morgan fingerprint density at radius 2 is 0.625 bits per heavy atom. The van der Waals surface area contributed by atoms with Gasteiger partial charge in [-0.25, -0.2) is 0 Å². The first-order valence-electron chi connectivity index (χ1n) is 17.6. The minimum Gasteiger partial charge on any atom is -0.382 e. The van der Waals surface area contributed by atoms with Crippen molar-refractivity contribution in [2.45, 2.75) is 34.1 Å². The molecule has 0 saturated carbocycles. The predicted molar refractivity (Wildman–Crippen MR) is 182 cm³/mol. The Morgan fingerprint density at radius 3 is 0.854 bits per heavy atom. The Balaban J connectivity index is 3.16. The standard InChI is InChI=1S/C34H69NO13/c1-31(2)33(32(3)4)30-35-34(36)6-7-38-10-11-40-14-15-42-18-19-44-22-23-46-26-27-48-29-28-47-25-24-45-21-20-43-17-16-41-13-12-39-9-8-37-5/h31-33H,6-30H2,1-5H3,(H,35,36). The van der Waals surface area contributed by atoms with Gasteiger partial charge in [0, 0.05) is 20.1 Å². The molecule has 1 N–H and O–H groups in total. The van der Waals surface area contributed by atoms with Gasteiger partial charge in [-0.2, -0.15) is 0 Å². The number of ether oxygens (including phenoxy) is 12. The summed E-state index contributed by atoms with van der Waals surface area (Å²) in [6.45, 7) is 21.2. The molecule has 14 nitrogen and oxygen atoms in total. The third-order valence-corrected chi connectivity index (χ3v) is 6.87. The minimum absolute atomic E-state index is 0.0306. The van der Waals surface area contributed by atoms with Crippen molar-refractivity contribution in [1.29, 1.82) is 0 Å². The van der Waals surface area contributed by atoms with Crippen LogP contribution < -0.4 is 5.32 Å². The van der Waals surface area contributed by atoms with Crippen molar-refractivity contribution in [3.05, 3.63) is 0 Å². The highest BCUT2D eigenvalue weighted by atomic mass is 16.6. The van der Waals surface area contributed by atoms with Gasteiger partial charge in [0.05, 0.1) is 152 Å². The van der Waals surface area contributed by atoms with Crippen LogP contribution in [-0.2, 0) is 61.6 Å². The number of carbonyl (C=O) groups excluding carboxylic acids is 1. The molecule has 14 heteroatoms. The molecule has 0 fully saturated rings. The number of carbonyl (C=O) groups is 1. The number of hydrogen-bond donors (Lipinski definition) is 1. The maximum Gasteiger partial charge on any atom is 0.222 e. The third kappa shape index (κ3) is 36.3. The number of hydrogen-bond acceptors (Lipinski definition) is 13. The van der Waals surface area contributed by atoms with Crippen molar-refractivity contribution in [3.8, 4) is 0 Å². The van der Waals surface area contributed by atoms with Crippen LogP contribution in [0.3, 0.4) is 0 Å². The Kier molecular flexibility index (Phi) is 38.0. The maximum atomic E-state index is 12.0. The number of amides is 1. The summed E-state index contributed by atoms with van der Waals surface area (Å²) in [6.07, 6.45) is 0.363. The van der Waals surface area contributed by atoms with Gasteiger partial charge in [-0.1, -0.05) is 27.7 Å². The lowest BCUT2D eigenvalue weighted by molar-refractivity contribution is -0.122. The fourth-order valence-corrected chi connectivity index (χ4v) is 4.17. The Labute approximate surface area is 290 Å². The van der Waals surface area contributed by atoms with E-state index < -0.39 is 0 Å². The molecular formula is C34H69NO13. The topological polar surface area (TPSA) is 140 Å². The van der Waals surface area contributed by atoms with E-state index >= 15 is 0 Å². The molecule has 0 aliphatic rings. The first-order valence-corrected chi connectivity index (χ1v) is 17.6. The summed E-state index contributed by atoms with van der Waals surface area (Å²) < 4.78 is 64.9. The summed E-state index contributed by atoms with van der Waals surface area (Å²) >= 11 is 0. The molecule has 0 aromatic heterocycles. The highest BCUT2D eigenvalue weighted by Crippen LogP contribution is 2.19. The second-order valence-corrected chi connectivity index (χ2v) is 11.4. The normalized spacial score (nSPS) is 11.8. The predicted octanol–water partition coefficient (Wildman–Crippen LogP) is 2.25. The molecule has 48 heavy (non-hydrogen) atoms. The summed E-state index contributed by atoms with van der Waals surface area (Å²) in [5.74, 6) is 1.60. The molecule has 0 radical (unpaired) electrons. The molecule has 0 aliphatic carbocycles. The van der Waals surface area contributed by atoms with Gasteiger partial charge in [0.15, 0.2) is 0 Å². The molecule has 0 aromatic rings. The zero-order valence-electron chi connectivity index (χ0n) is 30.7. The Hall–Kier alpha value is -1.01. The lowest BCUT2D eigenvalue weighted by Gasteiger charge is -2.25. The highest BCUT2D eigenvalue weighted by molar-refractivity contribution is 5.75. The second-order valence-electron chi connectivity index (χ2n) is 11.4. The van der Waals surface area contributed by atoms with Gasteiger partial charge in [-0.05, 0) is 17.8 Å². The molecule has 0 bridgehead atoms. The molecule has 288 valence electrons. The van der Waals surface area contributed by atoms with Crippen LogP contribution in [-0.4, -0.2) is 172 Å². The number of nitrogens with one attached hydrogen (secondary N) is 1. The number of methoxy groups -OCH3 is 1. The van der Waals surface area contributed by atoms with Gasteiger partial charge >= 0.3 is 0 Å². The van der Waals surface area contributed by atoms with Crippen LogP contribution in [0.4, 0.5) is 0 Å². The van der Waals surface area contributed by atoms with Crippen LogP contribution >= 0.6 is 0 Å². The smallest absolute Gasteiger partial charge is 0.222 e. The van der Waals surface area contributed by atoms with E-state index in [2.05, 4.69) is 33.0 Å². The van der Waals surface area contributed by atoms with Crippen molar-refractivity contribution in [2.75, 3.05) is 166 Å². The van der Waals surface area contributed by atoms with Gasteiger partial charge in [-0.15, -0.1) is 0 Å². The van der Waals surface area contributed by atoms with Crippen LogP contribution in [0.15, 0.2) is 0 Å². The molecule has 0 unspecified atom stereocenters. The zero-order chi connectivity index (χ0) is 35.2. The Morgan fingerprint density at radius 1 is 0.396 bits per heavy atom. The van der Waals surface area contributed by atoms with Gasteiger partial charge in [0.2, 0.25) is 5.91 Å². The first-order chi connectivity index (χ1) is 23.5. The molecule has 0 atom stereocenters. The van der Waals surface area contributed by atoms with E-state index in [1.807, 2.05) is 0 Å². The van der Waals surface area contributed by atoms with Crippen LogP contribution in [0.1, 0.15) is 34.1 Å². The van der Waals surface area contributed by atoms with Crippen LogP contribution in [0.2, 0.25) is 0 Å². The third-order valence-electron chi connectivity index (χ3n) is 6.87. The van der Waals surface area contributed by atoms with E-state index in [0.29, 0.717) is 183 Å².